The predicted octanol–water partition coefficient (Wildman–Crippen LogP) is 3.15. The van der Waals surface area contributed by atoms with Crippen LogP contribution in [0.15, 0.2) is 54.7 Å². The van der Waals surface area contributed by atoms with Crippen molar-refractivity contribution in [2.24, 2.45) is 0 Å². The number of carbonyl (C=O) groups is 3. The minimum absolute atomic E-state index is 0.128. The van der Waals surface area contributed by atoms with Crippen LogP contribution < -0.4 is 5.32 Å². The molecule has 0 aromatic heterocycles. The molecule has 4 atom stereocenters. The molecule has 3 amide bonds. The van der Waals surface area contributed by atoms with Crippen LogP contribution in [0.3, 0.4) is 0 Å². The Bertz CT molecular complexity index is 1090. The number of rotatable bonds is 9. The number of carbonyl (C=O) groups excluding carboxylic acids is 3. The first-order valence-electron chi connectivity index (χ1n) is 11.5. The van der Waals surface area contributed by atoms with Crippen molar-refractivity contribution < 1.29 is 23.9 Å². The second-order valence-electron chi connectivity index (χ2n) is 8.96. The number of fused-ring (bicyclic) bond motifs is 1. The van der Waals surface area contributed by atoms with Crippen molar-refractivity contribution in [1.29, 1.82) is 0 Å². The molecule has 0 radical (unpaired) electrons. The Morgan fingerprint density at radius 1 is 1.43 bits per heavy atom. The van der Waals surface area contributed by atoms with Crippen LogP contribution in [0.25, 0.3) is 0 Å². The van der Waals surface area contributed by atoms with Crippen LogP contribution >= 0.6 is 11.8 Å². The monoisotopic (exact) mass is 501 g/mol. The van der Waals surface area contributed by atoms with Gasteiger partial charge in [0.2, 0.25) is 5.91 Å². The van der Waals surface area contributed by atoms with Gasteiger partial charge in [0.15, 0.2) is 6.10 Å². The van der Waals surface area contributed by atoms with Crippen LogP contribution in [-0.2, 0) is 9.59 Å². The number of thioether (sulfide) groups is 1. The van der Waals surface area contributed by atoms with Crippen molar-refractivity contribution in [3.8, 4) is 0 Å². The van der Waals surface area contributed by atoms with Crippen molar-refractivity contribution in [3.63, 3.8) is 0 Å². The van der Waals surface area contributed by atoms with E-state index >= 15 is 0 Å². The van der Waals surface area contributed by atoms with E-state index in [1.807, 2.05) is 39.0 Å². The zero-order valence-corrected chi connectivity index (χ0v) is 21.3. The number of likely N-dealkylation sites (tertiary alicyclic amines) is 1. The Kier molecular flexibility index (Phi) is 8.22. The Hall–Kier alpha value is -2.91. The maximum Gasteiger partial charge on any atom is 0.255 e. The van der Waals surface area contributed by atoms with Crippen molar-refractivity contribution in [3.05, 3.63) is 71.6 Å². The number of β-lactam (4-membered cyclic amide) rings is 1. The zero-order chi connectivity index (χ0) is 25.9. The van der Waals surface area contributed by atoms with Gasteiger partial charge in [-0.25, -0.2) is 4.39 Å². The molecule has 1 unspecified atom stereocenters. The molecule has 0 spiro atoms. The summed E-state index contributed by atoms with van der Waals surface area (Å²) in [6.07, 6.45) is 5.73. The second kappa shape index (κ2) is 10.8. The number of benzene rings is 1. The van der Waals surface area contributed by atoms with Gasteiger partial charge in [0, 0.05) is 12.1 Å². The molecule has 2 fully saturated rings. The SMILES string of the molecule is C=CCN1C(=O)[C@H]2N(C(=O)[C@@H](O)[C@H](C/C(C)=C/C=C\C)NC(=O)c3cccc(F)c3C)CSC21C. The van der Waals surface area contributed by atoms with Crippen LogP contribution in [-0.4, -0.2) is 68.1 Å². The maximum absolute atomic E-state index is 14.0. The fourth-order valence-electron chi connectivity index (χ4n) is 4.48. The Labute approximate surface area is 209 Å². The first-order valence-corrected chi connectivity index (χ1v) is 12.4. The Morgan fingerprint density at radius 2 is 2.14 bits per heavy atom. The van der Waals surface area contributed by atoms with Crippen LogP contribution in [0.4, 0.5) is 4.39 Å². The number of aliphatic hydroxyl groups excluding tert-OH is 1. The molecule has 2 aliphatic rings. The van der Waals surface area contributed by atoms with Crippen LogP contribution in [0.5, 0.6) is 0 Å². The van der Waals surface area contributed by atoms with Gasteiger partial charge in [0.25, 0.3) is 11.8 Å². The lowest BCUT2D eigenvalue weighted by atomic mass is 9.93. The minimum Gasteiger partial charge on any atom is -0.381 e. The average molecular weight is 502 g/mol. The summed E-state index contributed by atoms with van der Waals surface area (Å²) in [5.74, 6) is -1.69. The number of hydrogen-bond acceptors (Lipinski definition) is 5. The lowest BCUT2D eigenvalue weighted by molar-refractivity contribution is -0.166. The lowest BCUT2D eigenvalue weighted by Crippen LogP contribution is -2.73. The van der Waals surface area contributed by atoms with E-state index < -0.39 is 40.7 Å². The first kappa shape index (κ1) is 26.7. The highest BCUT2D eigenvalue weighted by molar-refractivity contribution is 8.01. The topological polar surface area (TPSA) is 90.0 Å². The van der Waals surface area contributed by atoms with Crippen LogP contribution in [0, 0.1) is 12.7 Å². The van der Waals surface area contributed by atoms with E-state index in [0.717, 1.165) is 5.57 Å². The smallest absolute Gasteiger partial charge is 0.255 e. The third kappa shape index (κ3) is 5.06. The molecule has 2 saturated heterocycles. The first-order chi connectivity index (χ1) is 16.6. The van der Waals surface area contributed by atoms with E-state index in [1.165, 1.54) is 41.8 Å². The fourth-order valence-corrected chi connectivity index (χ4v) is 5.86. The average Bonchev–Trinajstić information content (AvgIpc) is 3.14. The quantitative estimate of drug-likeness (QED) is 0.308. The summed E-state index contributed by atoms with van der Waals surface area (Å²) in [4.78, 5) is 41.6. The molecular weight excluding hydrogens is 469 g/mol. The molecule has 35 heavy (non-hydrogen) atoms. The standard InChI is InChI=1S/C26H32FN3O4S/c1-6-8-10-16(3)14-20(28-23(32)18-11-9-12-19(27)17(18)4)21(31)24(33)29-15-35-26(5)22(29)25(34)30(26)13-7-2/h6-12,20-22,31H,2,13-15H2,1,3-5H3,(H,28,32)/b8-6-,16-10+/t20-,21-,22+,26?/m0/s1. The molecule has 7 nitrogen and oxygen atoms in total. The number of nitrogens with one attached hydrogen (secondary N) is 1. The number of aliphatic hydroxyl groups is 1. The summed E-state index contributed by atoms with van der Waals surface area (Å²) < 4.78 is 14.0. The molecular formula is C26H32FN3O4S. The highest BCUT2D eigenvalue weighted by atomic mass is 32.2. The lowest BCUT2D eigenvalue weighted by Gasteiger charge is -2.52. The van der Waals surface area contributed by atoms with E-state index in [0.29, 0.717) is 6.54 Å². The van der Waals surface area contributed by atoms with Gasteiger partial charge >= 0.3 is 0 Å². The zero-order valence-electron chi connectivity index (χ0n) is 20.5. The van der Waals surface area contributed by atoms with Crippen molar-refractivity contribution in [1.82, 2.24) is 15.1 Å². The molecule has 0 aliphatic carbocycles. The highest BCUT2D eigenvalue weighted by Crippen LogP contribution is 2.50. The fraction of sp³-hybridized carbons (Fsp3) is 0.423. The van der Waals surface area contributed by atoms with Crippen molar-refractivity contribution in [2.75, 3.05) is 12.4 Å². The third-order valence-electron chi connectivity index (χ3n) is 6.52. The van der Waals surface area contributed by atoms with Crippen LogP contribution in [0.2, 0.25) is 0 Å². The van der Waals surface area contributed by atoms with Gasteiger partial charge in [-0.2, -0.15) is 0 Å². The summed E-state index contributed by atoms with van der Waals surface area (Å²) in [6.45, 7) is 11.1. The number of allylic oxidation sites excluding steroid dienone is 3. The van der Waals surface area contributed by atoms with Gasteiger partial charge in [0.05, 0.1) is 11.9 Å². The molecule has 2 heterocycles. The van der Waals surface area contributed by atoms with E-state index in [4.69, 9.17) is 0 Å². The Balaban J connectivity index is 1.83. The third-order valence-corrected chi connectivity index (χ3v) is 7.96. The van der Waals surface area contributed by atoms with Gasteiger partial charge in [-0.3, -0.25) is 14.4 Å². The molecule has 188 valence electrons. The summed E-state index contributed by atoms with van der Waals surface area (Å²) in [7, 11) is 0. The number of nitrogens with zero attached hydrogens (tertiary/aromatic N) is 2. The molecule has 1 aromatic rings. The molecule has 2 aliphatic heterocycles. The van der Waals surface area contributed by atoms with Gasteiger partial charge in [0.1, 0.15) is 16.7 Å². The number of hydrogen-bond donors (Lipinski definition) is 2. The number of halogens is 1. The summed E-state index contributed by atoms with van der Waals surface area (Å²) >= 11 is 1.45. The van der Waals surface area contributed by atoms with Gasteiger partial charge in [-0.1, -0.05) is 35.9 Å². The number of amides is 3. The predicted molar refractivity (Wildman–Crippen MR) is 135 cm³/mol. The molecule has 1 aromatic carbocycles. The van der Waals surface area contributed by atoms with Gasteiger partial charge in [-0.05, 0) is 51.8 Å². The molecule has 2 N–H and O–H groups in total. The second-order valence-corrected chi connectivity index (χ2v) is 10.3. The summed E-state index contributed by atoms with van der Waals surface area (Å²) in [5.41, 5.74) is 1.14. The van der Waals surface area contributed by atoms with E-state index in [9.17, 15) is 23.9 Å². The van der Waals surface area contributed by atoms with Gasteiger partial charge in [-0.15, -0.1) is 18.3 Å². The maximum atomic E-state index is 14.0. The Morgan fingerprint density at radius 3 is 2.80 bits per heavy atom. The van der Waals surface area contributed by atoms with E-state index in [-0.39, 0.29) is 29.3 Å². The van der Waals surface area contributed by atoms with E-state index in [2.05, 4.69) is 11.9 Å². The molecule has 0 bridgehead atoms. The van der Waals surface area contributed by atoms with Crippen molar-refractivity contribution >= 4 is 29.5 Å². The normalized spacial score (nSPS) is 23.7. The molecule has 9 heteroatoms. The minimum atomic E-state index is -1.59. The van der Waals surface area contributed by atoms with E-state index in [1.54, 1.807) is 11.0 Å². The van der Waals surface area contributed by atoms with Gasteiger partial charge < -0.3 is 20.2 Å². The van der Waals surface area contributed by atoms with Crippen LogP contribution in [0.1, 0.15) is 43.1 Å². The molecule has 3 rings (SSSR count). The summed E-state index contributed by atoms with van der Waals surface area (Å²) in [5, 5.41) is 13.8. The largest absolute Gasteiger partial charge is 0.381 e. The van der Waals surface area contributed by atoms with Crippen molar-refractivity contribution in [2.45, 2.75) is 57.2 Å². The molecule has 0 saturated carbocycles. The highest BCUT2D eigenvalue weighted by Gasteiger charge is 2.65. The summed E-state index contributed by atoms with van der Waals surface area (Å²) in [6, 6.07) is 2.53.